The molecule has 1 N–H and O–H groups in total. The standard InChI is InChI=1S/C14H19F4N/c1-3-10(4-2)8-19-9-11-5-6-12(15)7-13(11)14(16,17)18/h5-7,10,19H,3-4,8-9H2,1-2H3. The minimum absolute atomic E-state index is 0.0832. The van der Waals surface area contributed by atoms with Gasteiger partial charge in [-0.1, -0.05) is 32.8 Å². The Hall–Kier alpha value is -1.10. The molecule has 0 aliphatic heterocycles. The van der Waals surface area contributed by atoms with E-state index in [1.807, 2.05) is 0 Å². The molecule has 0 saturated carbocycles. The third-order valence-corrected chi connectivity index (χ3v) is 3.28. The van der Waals surface area contributed by atoms with Gasteiger partial charge >= 0.3 is 6.18 Å². The van der Waals surface area contributed by atoms with Gasteiger partial charge in [-0.15, -0.1) is 0 Å². The van der Waals surface area contributed by atoms with Gasteiger partial charge in [-0.2, -0.15) is 13.2 Å². The number of nitrogens with one attached hydrogen (secondary N) is 1. The monoisotopic (exact) mass is 277 g/mol. The summed E-state index contributed by atoms with van der Waals surface area (Å²) in [5.41, 5.74) is -0.815. The maximum absolute atomic E-state index is 12.9. The molecular formula is C14H19F4N. The second kappa shape index (κ2) is 6.89. The zero-order chi connectivity index (χ0) is 14.5. The molecule has 1 aromatic carbocycles. The molecule has 0 amide bonds. The molecular weight excluding hydrogens is 258 g/mol. The minimum atomic E-state index is -4.52. The van der Waals surface area contributed by atoms with Gasteiger partial charge < -0.3 is 5.32 Å². The molecule has 0 spiro atoms. The fourth-order valence-electron chi connectivity index (χ4n) is 1.96. The van der Waals surface area contributed by atoms with Gasteiger partial charge in [0.15, 0.2) is 0 Å². The minimum Gasteiger partial charge on any atom is -0.312 e. The predicted molar refractivity (Wildman–Crippen MR) is 67.2 cm³/mol. The van der Waals surface area contributed by atoms with E-state index < -0.39 is 17.6 Å². The third-order valence-electron chi connectivity index (χ3n) is 3.28. The maximum Gasteiger partial charge on any atom is 0.416 e. The summed E-state index contributed by atoms with van der Waals surface area (Å²) in [6.45, 7) is 4.87. The Morgan fingerprint density at radius 1 is 1.16 bits per heavy atom. The largest absolute Gasteiger partial charge is 0.416 e. The van der Waals surface area contributed by atoms with Crippen molar-refractivity contribution in [3.63, 3.8) is 0 Å². The molecule has 0 aliphatic rings. The summed E-state index contributed by atoms with van der Waals surface area (Å²) in [5.74, 6) is -0.411. The lowest BCUT2D eigenvalue weighted by atomic mass is 10.0. The molecule has 108 valence electrons. The summed E-state index contributed by atoms with van der Waals surface area (Å²) < 4.78 is 51.2. The number of benzene rings is 1. The van der Waals surface area contributed by atoms with Crippen LogP contribution >= 0.6 is 0 Å². The highest BCUT2D eigenvalue weighted by molar-refractivity contribution is 5.30. The topological polar surface area (TPSA) is 12.0 Å². The molecule has 0 atom stereocenters. The van der Waals surface area contributed by atoms with Crippen molar-refractivity contribution in [1.82, 2.24) is 5.32 Å². The Kier molecular flexibility index (Phi) is 5.79. The number of hydrogen-bond acceptors (Lipinski definition) is 1. The van der Waals surface area contributed by atoms with Gasteiger partial charge in [-0.25, -0.2) is 4.39 Å². The fraction of sp³-hybridized carbons (Fsp3) is 0.571. The molecule has 0 bridgehead atoms. The van der Waals surface area contributed by atoms with Crippen molar-refractivity contribution in [2.75, 3.05) is 6.54 Å². The van der Waals surface area contributed by atoms with Crippen LogP contribution in [0.3, 0.4) is 0 Å². The summed E-state index contributed by atoms with van der Waals surface area (Å²) in [4.78, 5) is 0. The van der Waals surface area contributed by atoms with Crippen LogP contribution in [0.25, 0.3) is 0 Å². The van der Waals surface area contributed by atoms with Crippen LogP contribution in [0.5, 0.6) is 0 Å². The highest BCUT2D eigenvalue weighted by atomic mass is 19.4. The van der Waals surface area contributed by atoms with Gasteiger partial charge in [0, 0.05) is 6.54 Å². The van der Waals surface area contributed by atoms with Crippen LogP contribution in [0.4, 0.5) is 17.6 Å². The van der Waals surface area contributed by atoms with Gasteiger partial charge in [-0.05, 0) is 30.2 Å². The molecule has 0 radical (unpaired) electrons. The average Bonchev–Trinajstić information content (AvgIpc) is 2.35. The molecule has 0 unspecified atom stereocenters. The van der Waals surface area contributed by atoms with Crippen molar-refractivity contribution >= 4 is 0 Å². The van der Waals surface area contributed by atoms with Crippen LogP contribution in [-0.2, 0) is 12.7 Å². The van der Waals surface area contributed by atoms with Crippen LogP contribution in [0.1, 0.15) is 37.8 Å². The summed E-state index contributed by atoms with van der Waals surface area (Å²) in [6, 6.07) is 2.80. The van der Waals surface area contributed by atoms with Gasteiger partial charge in [0.2, 0.25) is 0 Å². The first-order valence-corrected chi connectivity index (χ1v) is 6.44. The number of alkyl halides is 3. The van der Waals surface area contributed by atoms with Crippen LogP contribution in [0.15, 0.2) is 18.2 Å². The zero-order valence-electron chi connectivity index (χ0n) is 11.1. The lowest BCUT2D eigenvalue weighted by Gasteiger charge is -2.16. The molecule has 19 heavy (non-hydrogen) atoms. The van der Waals surface area contributed by atoms with Crippen molar-refractivity contribution in [2.45, 2.75) is 39.4 Å². The normalized spacial score (nSPS) is 12.2. The van der Waals surface area contributed by atoms with Crippen molar-refractivity contribution in [1.29, 1.82) is 0 Å². The Morgan fingerprint density at radius 3 is 2.32 bits per heavy atom. The number of hydrogen-bond donors (Lipinski definition) is 1. The van der Waals surface area contributed by atoms with Crippen molar-refractivity contribution in [3.8, 4) is 0 Å². The Bertz CT molecular complexity index is 397. The van der Waals surface area contributed by atoms with Crippen LogP contribution in [0.2, 0.25) is 0 Å². The third kappa shape index (κ3) is 4.82. The quantitative estimate of drug-likeness (QED) is 0.761. The summed E-state index contributed by atoms with van der Waals surface area (Å²) in [5, 5.41) is 3.01. The molecule has 5 heteroatoms. The smallest absolute Gasteiger partial charge is 0.312 e. The summed E-state index contributed by atoms with van der Waals surface area (Å²) in [6.07, 6.45) is -2.55. The van der Waals surface area contributed by atoms with E-state index in [1.165, 1.54) is 6.07 Å². The van der Waals surface area contributed by atoms with E-state index in [-0.39, 0.29) is 12.1 Å². The predicted octanol–water partition coefficient (Wildman–Crippen LogP) is 4.37. The molecule has 0 aliphatic carbocycles. The van der Waals surface area contributed by atoms with Gasteiger partial charge in [0.05, 0.1) is 5.56 Å². The first-order valence-electron chi connectivity index (χ1n) is 6.44. The van der Waals surface area contributed by atoms with E-state index in [9.17, 15) is 17.6 Å². The molecule has 0 heterocycles. The Balaban J connectivity index is 2.73. The highest BCUT2D eigenvalue weighted by Gasteiger charge is 2.33. The maximum atomic E-state index is 12.9. The van der Waals surface area contributed by atoms with Crippen LogP contribution < -0.4 is 5.32 Å². The second-order valence-electron chi connectivity index (χ2n) is 4.61. The molecule has 1 aromatic rings. The SMILES string of the molecule is CCC(CC)CNCc1ccc(F)cc1C(F)(F)F. The molecule has 0 aromatic heterocycles. The fourth-order valence-corrected chi connectivity index (χ4v) is 1.96. The van der Waals surface area contributed by atoms with E-state index in [0.717, 1.165) is 18.9 Å². The highest BCUT2D eigenvalue weighted by Crippen LogP contribution is 2.32. The van der Waals surface area contributed by atoms with Crippen molar-refractivity contribution < 1.29 is 17.6 Å². The zero-order valence-corrected chi connectivity index (χ0v) is 11.1. The molecule has 1 rings (SSSR count). The first-order chi connectivity index (χ1) is 8.88. The van der Waals surface area contributed by atoms with Crippen molar-refractivity contribution in [2.24, 2.45) is 5.92 Å². The lowest BCUT2D eigenvalue weighted by molar-refractivity contribution is -0.138. The van der Waals surface area contributed by atoms with E-state index in [4.69, 9.17) is 0 Å². The first kappa shape index (κ1) is 16.0. The Morgan fingerprint density at radius 2 is 1.79 bits per heavy atom. The van der Waals surface area contributed by atoms with E-state index in [2.05, 4.69) is 19.2 Å². The number of rotatable bonds is 6. The van der Waals surface area contributed by atoms with E-state index >= 15 is 0 Å². The van der Waals surface area contributed by atoms with Crippen LogP contribution in [0, 0.1) is 11.7 Å². The van der Waals surface area contributed by atoms with Gasteiger partial charge in [0.1, 0.15) is 5.82 Å². The van der Waals surface area contributed by atoms with E-state index in [1.54, 1.807) is 0 Å². The van der Waals surface area contributed by atoms with Crippen molar-refractivity contribution in [3.05, 3.63) is 35.1 Å². The van der Waals surface area contributed by atoms with Gasteiger partial charge in [0.25, 0.3) is 0 Å². The van der Waals surface area contributed by atoms with Crippen LogP contribution in [-0.4, -0.2) is 6.54 Å². The van der Waals surface area contributed by atoms with E-state index in [0.29, 0.717) is 18.5 Å². The lowest BCUT2D eigenvalue weighted by Crippen LogP contribution is -2.23. The van der Waals surface area contributed by atoms with Gasteiger partial charge in [-0.3, -0.25) is 0 Å². The number of halogens is 4. The second-order valence-corrected chi connectivity index (χ2v) is 4.61. The summed E-state index contributed by atoms with van der Waals surface area (Å²) >= 11 is 0. The molecule has 0 saturated heterocycles. The Labute approximate surface area is 111 Å². The molecule has 0 fully saturated rings. The molecule has 1 nitrogen and oxygen atoms in total. The summed E-state index contributed by atoms with van der Waals surface area (Å²) in [7, 11) is 0. The average molecular weight is 277 g/mol.